The van der Waals surface area contributed by atoms with Crippen LogP contribution >= 0.6 is 0 Å². The standard InChI is InChI=1S/C17H22N2O2/c1-2-11-18-17(21)14-9-5-6-10-15(14)19-16(20)12-13-7-3-4-8-13/h3,5-7,9-10,13H,2,4,8,11-12H2,1H3,(H,18,21)(H,19,20). The van der Waals surface area contributed by atoms with Crippen LogP contribution in [0.4, 0.5) is 5.69 Å². The second kappa shape index (κ2) is 7.62. The maximum absolute atomic E-state index is 12.1. The zero-order valence-corrected chi connectivity index (χ0v) is 12.4. The summed E-state index contributed by atoms with van der Waals surface area (Å²) < 4.78 is 0. The van der Waals surface area contributed by atoms with Gasteiger partial charge in [-0.2, -0.15) is 0 Å². The van der Waals surface area contributed by atoms with Gasteiger partial charge in [0.15, 0.2) is 0 Å². The highest BCUT2D eigenvalue weighted by Gasteiger charge is 2.16. The molecule has 0 aliphatic heterocycles. The number of carbonyl (C=O) groups excluding carboxylic acids is 2. The van der Waals surface area contributed by atoms with Gasteiger partial charge in [-0.15, -0.1) is 0 Å². The summed E-state index contributed by atoms with van der Waals surface area (Å²) in [5.41, 5.74) is 1.10. The molecule has 0 aromatic heterocycles. The zero-order valence-electron chi connectivity index (χ0n) is 12.4. The molecule has 21 heavy (non-hydrogen) atoms. The number of nitrogens with one attached hydrogen (secondary N) is 2. The first-order chi connectivity index (χ1) is 10.2. The van der Waals surface area contributed by atoms with E-state index in [1.807, 2.05) is 13.0 Å². The van der Waals surface area contributed by atoms with E-state index in [0.29, 0.717) is 30.1 Å². The molecule has 1 aromatic rings. The van der Waals surface area contributed by atoms with Crippen molar-refractivity contribution in [1.29, 1.82) is 0 Å². The molecule has 2 N–H and O–H groups in total. The van der Waals surface area contributed by atoms with E-state index in [-0.39, 0.29) is 11.8 Å². The minimum absolute atomic E-state index is 0.0395. The third-order valence-corrected chi connectivity index (χ3v) is 3.54. The van der Waals surface area contributed by atoms with Crippen LogP contribution in [-0.4, -0.2) is 18.4 Å². The van der Waals surface area contributed by atoms with E-state index in [0.717, 1.165) is 19.3 Å². The van der Waals surface area contributed by atoms with Crippen LogP contribution in [0, 0.1) is 5.92 Å². The fourth-order valence-corrected chi connectivity index (χ4v) is 2.43. The lowest BCUT2D eigenvalue weighted by Gasteiger charge is -2.12. The summed E-state index contributed by atoms with van der Waals surface area (Å²) >= 11 is 0. The Morgan fingerprint density at radius 2 is 2.10 bits per heavy atom. The van der Waals surface area contributed by atoms with Gasteiger partial charge in [0.1, 0.15) is 0 Å². The molecule has 0 heterocycles. The van der Waals surface area contributed by atoms with Gasteiger partial charge in [-0.05, 0) is 37.3 Å². The fraction of sp³-hybridized carbons (Fsp3) is 0.412. The number of benzene rings is 1. The van der Waals surface area contributed by atoms with Gasteiger partial charge in [-0.1, -0.05) is 31.2 Å². The lowest BCUT2D eigenvalue weighted by atomic mass is 10.0. The van der Waals surface area contributed by atoms with Crippen molar-refractivity contribution in [2.45, 2.75) is 32.6 Å². The second-order valence-corrected chi connectivity index (χ2v) is 5.32. The number of anilines is 1. The smallest absolute Gasteiger partial charge is 0.253 e. The Labute approximate surface area is 125 Å². The van der Waals surface area contributed by atoms with Crippen LogP contribution in [0.1, 0.15) is 43.0 Å². The van der Waals surface area contributed by atoms with Crippen molar-refractivity contribution in [3.05, 3.63) is 42.0 Å². The monoisotopic (exact) mass is 286 g/mol. The van der Waals surface area contributed by atoms with Gasteiger partial charge in [-0.25, -0.2) is 0 Å². The van der Waals surface area contributed by atoms with E-state index in [2.05, 4.69) is 22.8 Å². The maximum atomic E-state index is 12.1. The molecule has 0 bridgehead atoms. The summed E-state index contributed by atoms with van der Waals surface area (Å²) in [6, 6.07) is 7.12. The van der Waals surface area contributed by atoms with Crippen LogP contribution in [0.2, 0.25) is 0 Å². The quantitative estimate of drug-likeness (QED) is 0.789. The Hall–Kier alpha value is -2.10. The van der Waals surface area contributed by atoms with Gasteiger partial charge in [-0.3, -0.25) is 9.59 Å². The van der Waals surface area contributed by atoms with E-state index in [1.54, 1.807) is 18.2 Å². The molecule has 1 unspecified atom stereocenters. The summed E-state index contributed by atoms with van der Waals surface area (Å²) in [6.45, 7) is 2.64. The third-order valence-electron chi connectivity index (χ3n) is 3.54. The summed E-state index contributed by atoms with van der Waals surface area (Å²) in [4.78, 5) is 24.2. The minimum atomic E-state index is -0.145. The van der Waals surface area contributed by atoms with Crippen LogP contribution in [-0.2, 0) is 4.79 Å². The number of carbonyl (C=O) groups is 2. The molecule has 0 fully saturated rings. The Morgan fingerprint density at radius 3 is 2.81 bits per heavy atom. The molecule has 0 saturated heterocycles. The van der Waals surface area contributed by atoms with Gasteiger partial charge in [0.25, 0.3) is 5.91 Å². The maximum Gasteiger partial charge on any atom is 0.253 e. The summed E-state index contributed by atoms with van der Waals surface area (Å²) in [5.74, 6) is 0.141. The Morgan fingerprint density at radius 1 is 1.29 bits per heavy atom. The first-order valence-corrected chi connectivity index (χ1v) is 7.54. The Balaban J connectivity index is 2.00. The lowest BCUT2D eigenvalue weighted by Crippen LogP contribution is -2.26. The molecule has 0 saturated carbocycles. The molecule has 112 valence electrons. The highest BCUT2D eigenvalue weighted by Crippen LogP contribution is 2.22. The third kappa shape index (κ3) is 4.45. The first-order valence-electron chi connectivity index (χ1n) is 7.54. The van der Waals surface area contributed by atoms with Crippen molar-refractivity contribution in [2.24, 2.45) is 5.92 Å². The molecule has 4 heteroatoms. The van der Waals surface area contributed by atoms with Gasteiger partial charge >= 0.3 is 0 Å². The van der Waals surface area contributed by atoms with Crippen molar-refractivity contribution in [3.63, 3.8) is 0 Å². The molecule has 1 aliphatic carbocycles. The van der Waals surface area contributed by atoms with E-state index in [4.69, 9.17) is 0 Å². The second-order valence-electron chi connectivity index (χ2n) is 5.32. The molecule has 2 rings (SSSR count). The topological polar surface area (TPSA) is 58.2 Å². The van der Waals surface area contributed by atoms with Gasteiger partial charge in [0.2, 0.25) is 5.91 Å². The molecular weight excluding hydrogens is 264 g/mol. The predicted octanol–water partition coefficient (Wildman–Crippen LogP) is 3.12. The van der Waals surface area contributed by atoms with Crippen LogP contribution in [0.5, 0.6) is 0 Å². The summed E-state index contributed by atoms with van der Waals surface area (Å²) in [5, 5.41) is 5.70. The zero-order chi connectivity index (χ0) is 15.1. The minimum Gasteiger partial charge on any atom is -0.352 e. The number of allylic oxidation sites excluding steroid dienone is 2. The Kier molecular flexibility index (Phi) is 5.55. The van der Waals surface area contributed by atoms with Crippen molar-refractivity contribution in [2.75, 3.05) is 11.9 Å². The summed E-state index contributed by atoms with van der Waals surface area (Å²) in [7, 11) is 0. The first kappa shape index (κ1) is 15.3. The van der Waals surface area contributed by atoms with Gasteiger partial charge in [0.05, 0.1) is 11.3 Å². The SMILES string of the molecule is CCCNC(=O)c1ccccc1NC(=O)CC1C=CCC1. The van der Waals surface area contributed by atoms with Gasteiger partial charge in [0, 0.05) is 13.0 Å². The molecular formula is C17H22N2O2. The van der Waals surface area contributed by atoms with Crippen LogP contribution < -0.4 is 10.6 Å². The number of hydrogen-bond acceptors (Lipinski definition) is 2. The van der Waals surface area contributed by atoms with Gasteiger partial charge < -0.3 is 10.6 Å². The van der Waals surface area contributed by atoms with E-state index in [1.165, 1.54) is 0 Å². The molecule has 0 spiro atoms. The normalized spacial score (nSPS) is 16.7. The van der Waals surface area contributed by atoms with E-state index in [9.17, 15) is 9.59 Å². The largest absolute Gasteiger partial charge is 0.352 e. The van der Waals surface area contributed by atoms with Crippen LogP contribution in [0.25, 0.3) is 0 Å². The molecule has 1 aromatic carbocycles. The number of para-hydroxylation sites is 1. The van der Waals surface area contributed by atoms with E-state index < -0.39 is 0 Å². The van der Waals surface area contributed by atoms with E-state index >= 15 is 0 Å². The number of rotatable bonds is 6. The van der Waals surface area contributed by atoms with Crippen LogP contribution in [0.3, 0.4) is 0 Å². The van der Waals surface area contributed by atoms with Crippen molar-refractivity contribution < 1.29 is 9.59 Å². The average molecular weight is 286 g/mol. The Bertz CT molecular complexity index is 537. The number of hydrogen-bond donors (Lipinski definition) is 2. The van der Waals surface area contributed by atoms with Crippen molar-refractivity contribution in [1.82, 2.24) is 5.32 Å². The molecule has 1 aliphatic rings. The summed E-state index contributed by atoms with van der Waals surface area (Å²) in [6.07, 6.45) is 7.65. The fourth-order valence-electron chi connectivity index (χ4n) is 2.43. The number of amides is 2. The molecule has 0 radical (unpaired) electrons. The predicted molar refractivity (Wildman–Crippen MR) is 84.2 cm³/mol. The van der Waals surface area contributed by atoms with Crippen molar-refractivity contribution in [3.8, 4) is 0 Å². The molecule has 4 nitrogen and oxygen atoms in total. The molecule has 2 amide bonds. The molecule has 1 atom stereocenters. The lowest BCUT2D eigenvalue weighted by molar-refractivity contribution is -0.116. The highest BCUT2D eigenvalue weighted by molar-refractivity contribution is 6.03. The highest BCUT2D eigenvalue weighted by atomic mass is 16.2. The van der Waals surface area contributed by atoms with Crippen molar-refractivity contribution >= 4 is 17.5 Å². The van der Waals surface area contributed by atoms with Crippen LogP contribution in [0.15, 0.2) is 36.4 Å². The average Bonchev–Trinajstić information content (AvgIpc) is 2.98.